The topological polar surface area (TPSA) is 100 Å². The van der Waals surface area contributed by atoms with Crippen LogP contribution in [0.4, 0.5) is 0 Å². The summed E-state index contributed by atoms with van der Waals surface area (Å²) in [7, 11) is 0. The van der Waals surface area contributed by atoms with E-state index in [2.05, 4.69) is 0 Å². The van der Waals surface area contributed by atoms with Gasteiger partial charge in [-0.3, -0.25) is 10.5 Å². The Morgan fingerprint density at radius 1 is 0.800 bits per heavy atom. The van der Waals surface area contributed by atoms with E-state index in [4.69, 9.17) is 10.5 Å². The van der Waals surface area contributed by atoms with Gasteiger partial charge in [0.2, 0.25) is 0 Å². The third kappa shape index (κ3) is 85.1. The van der Waals surface area contributed by atoms with Crippen LogP contribution in [0.1, 0.15) is 0 Å². The summed E-state index contributed by atoms with van der Waals surface area (Å²) >= 11 is 0. The summed E-state index contributed by atoms with van der Waals surface area (Å²) in [4.78, 5) is 0. The van der Waals surface area contributed by atoms with Gasteiger partial charge in [0, 0.05) is 0 Å². The molecule has 0 aromatic heterocycles. The van der Waals surface area contributed by atoms with E-state index in [9.17, 15) is 0 Å². The molecule has 0 aromatic carbocycles. The molecule has 4 nitrogen and oxygen atoms in total. The van der Waals surface area contributed by atoms with Gasteiger partial charge in [0.25, 0.3) is 0 Å². The molecule has 0 heterocycles. The first-order valence-electron chi connectivity index (χ1n) is 0.200. The summed E-state index contributed by atoms with van der Waals surface area (Å²) in [6.07, 6.45) is 0. The van der Waals surface area contributed by atoms with Gasteiger partial charge in [-0.2, -0.15) is 0 Å². The summed E-state index contributed by atoms with van der Waals surface area (Å²) in [6, 6.07) is 0. The second-order valence-corrected chi connectivity index (χ2v) is 0. The third-order valence-electron chi connectivity index (χ3n) is 0. The summed E-state index contributed by atoms with van der Waals surface area (Å²) in [5.41, 5.74) is 0. The molecule has 0 aliphatic heterocycles. The van der Waals surface area contributed by atoms with Crippen LogP contribution in [0, 0.1) is 0 Å². The predicted octanol–water partition coefficient (Wildman–Crippen LogP) is -0.717. The number of hydrogen-bond acceptors (Lipinski definition) is 4. The molecule has 0 saturated heterocycles. The zero-order chi connectivity index (χ0) is 2.00. The number of hydrogen-bond donors (Lipinski definition) is 2. The minimum atomic E-state index is 0. The zero-order valence-electron chi connectivity index (χ0n) is 2.50. The molecule has 0 saturated carbocycles. The van der Waals surface area contributed by atoms with Crippen LogP contribution in [-0.2, 0) is 0 Å². The first-order chi connectivity index (χ1) is 1.00. The quantitative estimate of drug-likeness (QED) is 0.234. The van der Waals surface area contributed by atoms with Gasteiger partial charge < -0.3 is 11.0 Å². The van der Waals surface area contributed by atoms with Crippen molar-refractivity contribution in [3.05, 3.63) is 0 Å². The van der Waals surface area contributed by atoms with Crippen LogP contribution >= 0.6 is 0 Å². The second-order valence-electron chi connectivity index (χ2n) is 0. The molecular formula is H4MgO4. The number of rotatable bonds is 0. The van der Waals surface area contributed by atoms with E-state index in [-0.39, 0.29) is 34.0 Å². The average Bonchev–Trinajstić information content (AvgIpc) is 1.00. The van der Waals surface area contributed by atoms with Crippen LogP contribution in [0.2, 0.25) is 0 Å². The van der Waals surface area contributed by atoms with Crippen LogP contribution in [0.3, 0.4) is 0 Å². The molecule has 5 heteroatoms. The summed E-state index contributed by atoms with van der Waals surface area (Å²) < 4.78 is 0. The minimum Gasteiger partial charge on any atom is -0.870 e. The predicted molar refractivity (Wildman–Crippen MR) is 14.9 cm³/mol. The fourth-order valence-corrected chi connectivity index (χ4v) is 0. The minimum absolute atomic E-state index is 0. The molecular weight excluding hydrogens is 88.3 g/mol. The molecule has 0 bridgehead atoms. The van der Waals surface area contributed by atoms with Crippen molar-refractivity contribution in [3.63, 3.8) is 0 Å². The zero-order valence-corrected chi connectivity index (χ0v) is 3.91. The monoisotopic (exact) mass is 92.0 g/mol. The van der Waals surface area contributed by atoms with Crippen LogP contribution in [0.15, 0.2) is 0 Å². The van der Waals surface area contributed by atoms with Crippen molar-refractivity contribution in [3.8, 4) is 0 Å². The molecule has 0 atom stereocenters. The van der Waals surface area contributed by atoms with Gasteiger partial charge in [-0.05, 0) is 0 Å². The van der Waals surface area contributed by atoms with Crippen LogP contribution in [0.5, 0.6) is 0 Å². The molecule has 0 fully saturated rings. The Kier molecular flexibility index (Phi) is 1500. The Morgan fingerprint density at radius 3 is 0.800 bits per heavy atom. The normalized spacial score (nSPS) is 1.20. The van der Waals surface area contributed by atoms with Crippen molar-refractivity contribution in [2.75, 3.05) is 0 Å². The van der Waals surface area contributed by atoms with Gasteiger partial charge in [0.05, 0.1) is 0 Å². The molecule has 0 rings (SSSR count). The maximum absolute atomic E-state index is 6.00. The smallest absolute Gasteiger partial charge is 0.870 e. The van der Waals surface area contributed by atoms with Crippen LogP contribution < -0.4 is 0 Å². The van der Waals surface area contributed by atoms with Gasteiger partial charge in [-0.1, -0.05) is 0 Å². The standard InChI is InChI=1S/Mg.H2O2.2H2O/c;1-2;;/h;1-2H;2*1H2/q+2;;;/p-2. The summed E-state index contributed by atoms with van der Waals surface area (Å²) in [6.45, 7) is 0. The van der Waals surface area contributed by atoms with Gasteiger partial charge in [0.1, 0.15) is 0 Å². The summed E-state index contributed by atoms with van der Waals surface area (Å²) in [5, 5.41) is 12.0. The Morgan fingerprint density at radius 2 is 0.800 bits per heavy atom. The van der Waals surface area contributed by atoms with Crippen molar-refractivity contribution in [2.45, 2.75) is 0 Å². The van der Waals surface area contributed by atoms with E-state index in [0.717, 1.165) is 0 Å². The Balaban J connectivity index is -0.00000000167. The molecule has 0 spiro atoms. The van der Waals surface area contributed by atoms with Crippen molar-refractivity contribution in [2.24, 2.45) is 0 Å². The van der Waals surface area contributed by atoms with Gasteiger partial charge in [-0.15, -0.1) is 0 Å². The molecule has 4 N–H and O–H groups in total. The molecule has 0 radical (unpaired) electrons. The maximum Gasteiger partial charge on any atom is 2.00 e. The Bertz CT molecular complexity index is 3.61. The van der Waals surface area contributed by atoms with E-state index in [1.54, 1.807) is 0 Å². The van der Waals surface area contributed by atoms with Gasteiger partial charge >= 0.3 is 23.1 Å². The summed E-state index contributed by atoms with van der Waals surface area (Å²) in [5.74, 6) is 0. The molecule has 0 unspecified atom stereocenters. The van der Waals surface area contributed by atoms with E-state index in [1.165, 1.54) is 0 Å². The molecule has 0 aromatic rings. The fourth-order valence-electron chi connectivity index (χ4n) is 0. The van der Waals surface area contributed by atoms with Crippen molar-refractivity contribution in [1.29, 1.82) is 0 Å². The molecule has 5 heavy (non-hydrogen) atoms. The van der Waals surface area contributed by atoms with E-state index in [1.807, 2.05) is 0 Å². The first-order valence-corrected chi connectivity index (χ1v) is 0.200. The molecule has 0 amide bonds. The van der Waals surface area contributed by atoms with Gasteiger partial charge in [-0.25, -0.2) is 0 Å². The van der Waals surface area contributed by atoms with E-state index < -0.39 is 0 Å². The average molecular weight is 92.3 g/mol. The maximum atomic E-state index is 6.00. The first kappa shape index (κ1) is 46.1. The molecule has 30 valence electrons. The molecule has 0 aliphatic carbocycles. The molecule has 0 aliphatic rings. The van der Waals surface area contributed by atoms with Crippen LogP contribution in [0.25, 0.3) is 0 Å². The Labute approximate surface area is 45.1 Å². The van der Waals surface area contributed by atoms with E-state index >= 15 is 0 Å². The third-order valence-corrected chi connectivity index (χ3v) is 0. The second kappa shape index (κ2) is 163. The SMILES string of the molecule is OO.[Mg+2].[OH-].[OH-]. The van der Waals surface area contributed by atoms with Crippen molar-refractivity contribution in [1.82, 2.24) is 0 Å². The van der Waals surface area contributed by atoms with Crippen LogP contribution in [-0.4, -0.2) is 44.5 Å². The Hall–Kier alpha value is 0.606. The fraction of sp³-hybridized carbons (Fsp3) is 0. The van der Waals surface area contributed by atoms with Crippen molar-refractivity contribution >= 4 is 23.1 Å². The van der Waals surface area contributed by atoms with Gasteiger partial charge in [0.15, 0.2) is 0 Å². The van der Waals surface area contributed by atoms with E-state index in [0.29, 0.717) is 0 Å². The largest absolute Gasteiger partial charge is 2.00 e. The van der Waals surface area contributed by atoms with Crippen molar-refractivity contribution < 1.29 is 21.5 Å².